The van der Waals surface area contributed by atoms with E-state index in [9.17, 15) is 9.59 Å². The van der Waals surface area contributed by atoms with Crippen molar-refractivity contribution in [2.75, 3.05) is 31.1 Å². The molecule has 3 aromatic rings. The molecule has 0 saturated carbocycles. The SMILES string of the molecule is COc1ccc(N2C[C@@H](C(=O)NNc3cc(Cl)c(OCc4ccc(Cl)cc4)c(OC)c3)CC2=O)cc1. The lowest BCUT2D eigenvalue weighted by atomic mass is 10.1. The van der Waals surface area contributed by atoms with Crippen LogP contribution in [0.25, 0.3) is 0 Å². The maximum atomic E-state index is 12.8. The second-order valence-electron chi connectivity index (χ2n) is 8.12. The first-order valence-corrected chi connectivity index (χ1v) is 11.9. The van der Waals surface area contributed by atoms with E-state index < -0.39 is 5.92 Å². The molecule has 0 spiro atoms. The summed E-state index contributed by atoms with van der Waals surface area (Å²) in [6, 6.07) is 17.7. The van der Waals surface area contributed by atoms with Crippen molar-refractivity contribution in [3.8, 4) is 17.2 Å². The summed E-state index contributed by atoms with van der Waals surface area (Å²) in [5, 5.41) is 0.948. The van der Waals surface area contributed by atoms with Gasteiger partial charge in [-0.25, -0.2) is 0 Å². The predicted molar refractivity (Wildman–Crippen MR) is 139 cm³/mol. The average molecular weight is 530 g/mol. The van der Waals surface area contributed by atoms with Gasteiger partial charge in [0.25, 0.3) is 0 Å². The number of carbonyl (C=O) groups excluding carboxylic acids is 2. The van der Waals surface area contributed by atoms with Crippen LogP contribution in [0.3, 0.4) is 0 Å². The van der Waals surface area contributed by atoms with Crippen LogP contribution in [-0.4, -0.2) is 32.6 Å². The van der Waals surface area contributed by atoms with Gasteiger partial charge in [-0.15, -0.1) is 0 Å². The maximum absolute atomic E-state index is 12.8. The van der Waals surface area contributed by atoms with Crippen molar-refractivity contribution >= 4 is 46.4 Å². The Labute approximate surface area is 219 Å². The van der Waals surface area contributed by atoms with Crippen LogP contribution < -0.4 is 30.0 Å². The number of ether oxygens (including phenoxy) is 3. The van der Waals surface area contributed by atoms with Gasteiger partial charge >= 0.3 is 0 Å². The third-order valence-corrected chi connectivity index (χ3v) is 6.27. The van der Waals surface area contributed by atoms with E-state index >= 15 is 0 Å². The zero-order valence-electron chi connectivity index (χ0n) is 19.7. The quantitative estimate of drug-likeness (QED) is 0.375. The summed E-state index contributed by atoms with van der Waals surface area (Å²) >= 11 is 12.4. The molecule has 188 valence electrons. The van der Waals surface area contributed by atoms with E-state index in [1.54, 1.807) is 60.5 Å². The summed E-state index contributed by atoms with van der Waals surface area (Å²) in [6.07, 6.45) is 0.112. The average Bonchev–Trinajstić information content (AvgIpc) is 3.29. The molecule has 3 aromatic carbocycles. The summed E-state index contributed by atoms with van der Waals surface area (Å²) in [5.41, 5.74) is 7.64. The number of nitrogens with zero attached hydrogens (tertiary/aromatic N) is 1. The number of benzene rings is 3. The fourth-order valence-electron chi connectivity index (χ4n) is 3.80. The number of methoxy groups -OCH3 is 2. The van der Waals surface area contributed by atoms with Crippen LogP contribution >= 0.6 is 23.2 Å². The Kier molecular flexibility index (Phi) is 8.07. The number of hydrogen-bond donors (Lipinski definition) is 2. The van der Waals surface area contributed by atoms with E-state index in [1.165, 1.54) is 7.11 Å². The Balaban J connectivity index is 1.36. The van der Waals surface area contributed by atoms with Gasteiger partial charge in [-0.3, -0.25) is 20.4 Å². The molecule has 0 aliphatic carbocycles. The Morgan fingerprint density at radius 2 is 1.75 bits per heavy atom. The van der Waals surface area contributed by atoms with Crippen molar-refractivity contribution in [2.24, 2.45) is 5.92 Å². The van der Waals surface area contributed by atoms with Gasteiger partial charge in [0, 0.05) is 29.7 Å². The van der Waals surface area contributed by atoms with E-state index in [4.69, 9.17) is 37.4 Å². The molecule has 1 aliphatic rings. The highest BCUT2D eigenvalue weighted by Gasteiger charge is 2.35. The van der Waals surface area contributed by atoms with Gasteiger partial charge < -0.3 is 19.1 Å². The van der Waals surface area contributed by atoms with Gasteiger partial charge in [-0.05, 0) is 48.0 Å². The van der Waals surface area contributed by atoms with Crippen molar-refractivity contribution in [1.82, 2.24) is 5.43 Å². The third-order valence-electron chi connectivity index (χ3n) is 5.74. The number of anilines is 2. The molecule has 1 saturated heterocycles. The highest BCUT2D eigenvalue weighted by Crippen LogP contribution is 2.38. The van der Waals surface area contributed by atoms with Crippen molar-refractivity contribution in [3.63, 3.8) is 0 Å². The topological polar surface area (TPSA) is 89.1 Å². The minimum Gasteiger partial charge on any atom is -0.497 e. The molecule has 36 heavy (non-hydrogen) atoms. The molecule has 2 N–H and O–H groups in total. The van der Waals surface area contributed by atoms with Gasteiger partial charge in [-0.2, -0.15) is 0 Å². The summed E-state index contributed by atoms with van der Waals surface area (Å²) in [4.78, 5) is 26.9. The summed E-state index contributed by atoms with van der Waals surface area (Å²) in [5.74, 6) is 0.535. The molecule has 8 nitrogen and oxygen atoms in total. The lowest BCUT2D eigenvalue weighted by Gasteiger charge is -2.18. The Bertz CT molecular complexity index is 1240. The molecule has 0 radical (unpaired) electrons. The van der Waals surface area contributed by atoms with Crippen LogP contribution in [0.4, 0.5) is 11.4 Å². The van der Waals surface area contributed by atoms with Crippen LogP contribution in [0.15, 0.2) is 60.7 Å². The molecule has 0 aromatic heterocycles. The van der Waals surface area contributed by atoms with E-state index in [-0.39, 0.29) is 31.4 Å². The van der Waals surface area contributed by atoms with Crippen LogP contribution in [0.5, 0.6) is 17.2 Å². The van der Waals surface area contributed by atoms with E-state index in [0.717, 1.165) is 11.3 Å². The molecule has 4 rings (SSSR count). The molecule has 1 aliphatic heterocycles. The number of carbonyl (C=O) groups is 2. The van der Waals surface area contributed by atoms with Gasteiger partial charge in [0.1, 0.15) is 12.4 Å². The largest absolute Gasteiger partial charge is 0.497 e. The highest BCUT2D eigenvalue weighted by molar-refractivity contribution is 6.32. The number of amides is 2. The highest BCUT2D eigenvalue weighted by atomic mass is 35.5. The Morgan fingerprint density at radius 1 is 1.03 bits per heavy atom. The number of nitrogens with one attached hydrogen (secondary N) is 2. The van der Waals surface area contributed by atoms with E-state index in [2.05, 4.69) is 10.9 Å². The third kappa shape index (κ3) is 5.95. The first-order chi connectivity index (χ1) is 17.4. The van der Waals surface area contributed by atoms with Crippen molar-refractivity contribution in [3.05, 3.63) is 76.3 Å². The zero-order chi connectivity index (χ0) is 25.7. The fourth-order valence-corrected chi connectivity index (χ4v) is 4.19. The van der Waals surface area contributed by atoms with Gasteiger partial charge in [-0.1, -0.05) is 35.3 Å². The van der Waals surface area contributed by atoms with Gasteiger partial charge in [0.15, 0.2) is 11.5 Å². The molecule has 1 heterocycles. The lowest BCUT2D eigenvalue weighted by Crippen LogP contribution is -2.36. The zero-order valence-corrected chi connectivity index (χ0v) is 21.2. The molecular weight excluding hydrogens is 505 g/mol. The second kappa shape index (κ2) is 11.4. The van der Waals surface area contributed by atoms with Crippen LogP contribution in [0.1, 0.15) is 12.0 Å². The Hall–Kier alpha value is -3.62. The van der Waals surface area contributed by atoms with Gasteiger partial charge in [0.2, 0.25) is 11.8 Å². The molecule has 10 heteroatoms. The first-order valence-electron chi connectivity index (χ1n) is 11.1. The summed E-state index contributed by atoms with van der Waals surface area (Å²) in [7, 11) is 3.08. The smallest absolute Gasteiger partial charge is 0.243 e. The Morgan fingerprint density at radius 3 is 2.42 bits per heavy atom. The summed E-state index contributed by atoms with van der Waals surface area (Å²) in [6.45, 7) is 0.553. The number of hydrazine groups is 1. The number of halogens is 2. The second-order valence-corrected chi connectivity index (χ2v) is 8.97. The predicted octanol–water partition coefficient (Wildman–Crippen LogP) is 5.09. The van der Waals surface area contributed by atoms with Gasteiger partial charge in [0.05, 0.1) is 30.8 Å². The standard InChI is InChI=1S/C26H25Cl2N3O5/c1-34-21-9-7-20(8-10-21)31-14-17(11-24(31)32)26(33)30-29-19-12-22(28)25(23(13-19)35-2)36-15-16-3-5-18(27)6-4-16/h3-10,12-13,17,29H,11,14-15H2,1-2H3,(H,30,33)/t17-/m0/s1. The molecule has 0 bridgehead atoms. The lowest BCUT2D eigenvalue weighted by molar-refractivity contribution is -0.125. The number of rotatable bonds is 9. The van der Waals surface area contributed by atoms with E-state index in [1.807, 2.05) is 12.1 Å². The summed E-state index contributed by atoms with van der Waals surface area (Å²) < 4.78 is 16.4. The van der Waals surface area contributed by atoms with Crippen molar-refractivity contribution in [1.29, 1.82) is 0 Å². The van der Waals surface area contributed by atoms with Crippen molar-refractivity contribution < 1.29 is 23.8 Å². The molecule has 1 fully saturated rings. The molecule has 0 unspecified atom stereocenters. The van der Waals surface area contributed by atoms with Crippen LogP contribution in [0.2, 0.25) is 10.0 Å². The van der Waals surface area contributed by atoms with Crippen LogP contribution in [0, 0.1) is 5.92 Å². The normalized spacial score (nSPS) is 14.9. The van der Waals surface area contributed by atoms with E-state index in [0.29, 0.717) is 33.0 Å². The number of hydrogen-bond acceptors (Lipinski definition) is 6. The molecule has 2 amide bonds. The first kappa shape index (κ1) is 25.5. The monoisotopic (exact) mass is 529 g/mol. The molecule has 1 atom stereocenters. The minimum absolute atomic E-state index is 0.112. The van der Waals surface area contributed by atoms with Crippen molar-refractivity contribution in [2.45, 2.75) is 13.0 Å². The molecular formula is C26H25Cl2N3O5. The fraction of sp³-hybridized carbons (Fsp3) is 0.231. The maximum Gasteiger partial charge on any atom is 0.243 e. The minimum atomic E-state index is -0.508. The van der Waals surface area contributed by atoms with Crippen LogP contribution in [-0.2, 0) is 16.2 Å².